The summed E-state index contributed by atoms with van der Waals surface area (Å²) in [4.78, 5) is 12.4. The smallest absolute Gasteiger partial charge is 0.233 e. The number of benzene rings is 2. The van der Waals surface area contributed by atoms with E-state index >= 15 is 0 Å². The number of para-hydroxylation sites is 2. The highest BCUT2D eigenvalue weighted by Gasteiger charge is 2.28. The van der Waals surface area contributed by atoms with Gasteiger partial charge in [0.25, 0.3) is 0 Å². The summed E-state index contributed by atoms with van der Waals surface area (Å²) in [5, 5.41) is 6.28. The molecule has 1 amide bonds. The molecule has 2 aromatic rings. The fourth-order valence-electron chi connectivity index (χ4n) is 2.30. The van der Waals surface area contributed by atoms with Crippen LogP contribution in [0, 0.1) is 3.57 Å². The van der Waals surface area contributed by atoms with Crippen LogP contribution in [0.5, 0.6) is 0 Å². The summed E-state index contributed by atoms with van der Waals surface area (Å²) in [6, 6.07) is 15.8. The molecule has 0 saturated heterocycles. The van der Waals surface area contributed by atoms with Crippen LogP contribution in [-0.4, -0.2) is 12.5 Å². The van der Waals surface area contributed by atoms with Gasteiger partial charge in [-0.3, -0.25) is 4.79 Å². The standard InChI is InChI=1S/C15H13IN2O/c16-12-6-2-4-8-14(12)18-15(19)11-9-17-13-7-3-1-5-10(11)13/h1-8,11,17H,9H2,(H,18,19). The van der Waals surface area contributed by atoms with Gasteiger partial charge in [-0.2, -0.15) is 0 Å². The molecule has 0 fully saturated rings. The average molecular weight is 364 g/mol. The second kappa shape index (κ2) is 5.21. The third kappa shape index (κ3) is 2.45. The van der Waals surface area contributed by atoms with Gasteiger partial charge in [-0.05, 0) is 46.4 Å². The lowest BCUT2D eigenvalue weighted by Crippen LogP contribution is -2.22. The van der Waals surface area contributed by atoms with Gasteiger partial charge in [0.1, 0.15) is 0 Å². The normalized spacial score (nSPS) is 16.6. The van der Waals surface area contributed by atoms with E-state index in [1.54, 1.807) is 0 Å². The minimum Gasteiger partial charge on any atom is -0.384 e. The van der Waals surface area contributed by atoms with Gasteiger partial charge in [0, 0.05) is 15.8 Å². The molecule has 96 valence electrons. The highest BCUT2D eigenvalue weighted by atomic mass is 127. The molecule has 1 unspecified atom stereocenters. The molecule has 0 saturated carbocycles. The van der Waals surface area contributed by atoms with Crippen LogP contribution in [0.25, 0.3) is 0 Å². The van der Waals surface area contributed by atoms with Crippen LogP contribution >= 0.6 is 22.6 Å². The summed E-state index contributed by atoms with van der Waals surface area (Å²) in [6.45, 7) is 0.661. The molecular weight excluding hydrogens is 351 g/mol. The number of hydrogen-bond acceptors (Lipinski definition) is 2. The first-order chi connectivity index (χ1) is 9.25. The molecule has 2 N–H and O–H groups in total. The number of halogens is 1. The molecule has 3 rings (SSSR count). The Labute approximate surface area is 125 Å². The lowest BCUT2D eigenvalue weighted by atomic mass is 10.0. The van der Waals surface area contributed by atoms with E-state index < -0.39 is 0 Å². The van der Waals surface area contributed by atoms with Crippen LogP contribution in [0.1, 0.15) is 11.5 Å². The Kier molecular flexibility index (Phi) is 3.42. The number of anilines is 2. The maximum atomic E-state index is 12.4. The van der Waals surface area contributed by atoms with Crippen molar-refractivity contribution in [2.75, 3.05) is 17.2 Å². The predicted molar refractivity (Wildman–Crippen MR) is 85.5 cm³/mol. The van der Waals surface area contributed by atoms with Crippen molar-refractivity contribution in [1.82, 2.24) is 0 Å². The molecule has 1 atom stereocenters. The molecule has 0 radical (unpaired) electrons. The maximum absolute atomic E-state index is 12.4. The first kappa shape index (κ1) is 12.5. The molecule has 1 heterocycles. The Morgan fingerprint density at radius 3 is 2.74 bits per heavy atom. The van der Waals surface area contributed by atoms with Gasteiger partial charge in [-0.25, -0.2) is 0 Å². The number of rotatable bonds is 2. The maximum Gasteiger partial charge on any atom is 0.233 e. The monoisotopic (exact) mass is 364 g/mol. The third-order valence-electron chi connectivity index (χ3n) is 3.28. The SMILES string of the molecule is O=C(Nc1ccccc1I)C1CNc2ccccc21. The number of nitrogens with one attached hydrogen (secondary N) is 2. The first-order valence-electron chi connectivity index (χ1n) is 6.14. The first-order valence-corrected chi connectivity index (χ1v) is 7.22. The van der Waals surface area contributed by atoms with E-state index in [0.29, 0.717) is 6.54 Å². The number of carbonyl (C=O) groups is 1. The minimum absolute atomic E-state index is 0.0431. The van der Waals surface area contributed by atoms with Crippen molar-refractivity contribution in [2.24, 2.45) is 0 Å². The van der Waals surface area contributed by atoms with Crippen molar-refractivity contribution in [1.29, 1.82) is 0 Å². The molecule has 3 nitrogen and oxygen atoms in total. The zero-order valence-corrected chi connectivity index (χ0v) is 12.3. The van der Waals surface area contributed by atoms with Crippen molar-refractivity contribution in [3.63, 3.8) is 0 Å². The van der Waals surface area contributed by atoms with Crippen LogP contribution < -0.4 is 10.6 Å². The summed E-state index contributed by atoms with van der Waals surface area (Å²) in [5.74, 6) is -0.0752. The Morgan fingerprint density at radius 2 is 1.89 bits per heavy atom. The lowest BCUT2D eigenvalue weighted by molar-refractivity contribution is -0.117. The van der Waals surface area contributed by atoms with Gasteiger partial charge < -0.3 is 10.6 Å². The predicted octanol–water partition coefficient (Wildman–Crippen LogP) is 3.44. The minimum atomic E-state index is -0.118. The van der Waals surface area contributed by atoms with E-state index in [9.17, 15) is 4.79 Å². The zero-order valence-electron chi connectivity index (χ0n) is 10.2. The second-order valence-electron chi connectivity index (χ2n) is 4.49. The Bertz CT molecular complexity index is 627. The van der Waals surface area contributed by atoms with Gasteiger partial charge in [0.15, 0.2) is 0 Å². The molecule has 0 aliphatic carbocycles. The van der Waals surface area contributed by atoms with E-state index in [-0.39, 0.29) is 11.8 Å². The largest absolute Gasteiger partial charge is 0.384 e. The van der Waals surface area contributed by atoms with Gasteiger partial charge in [-0.1, -0.05) is 30.3 Å². The second-order valence-corrected chi connectivity index (χ2v) is 5.65. The Hall–Kier alpha value is -1.56. The van der Waals surface area contributed by atoms with Gasteiger partial charge in [-0.15, -0.1) is 0 Å². The van der Waals surface area contributed by atoms with Crippen molar-refractivity contribution in [3.05, 3.63) is 57.7 Å². The topological polar surface area (TPSA) is 41.1 Å². The van der Waals surface area contributed by atoms with Crippen LogP contribution in [0.2, 0.25) is 0 Å². The quantitative estimate of drug-likeness (QED) is 0.802. The number of carbonyl (C=O) groups excluding carboxylic acids is 1. The molecule has 0 bridgehead atoms. The van der Waals surface area contributed by atoms with Crippen LogP contribution in [-0.2, 0) is 4.79 Å². The van der Waals surface area contributed by atoms with E-state index in [1.807, 2.05) is 48.5 Å². The van der Waals surface area contributed by atoms with Gasteiger partial charge in [0.2, 0.25) is 5.91 Å². The van der Waals surface area contributed by atoms with Crippen molar-refractivity contribution in [3.8, 4) is 0 Å². The fraction of sp³-hybridized carbons (Fsp3) is 0.133. The van der Waals surface area contributed by atoms with E-state index in [1.165, 1.54) is 0 Å². The zero-order chi connectivity index (χ0) is 13.2. The molecular formula is C15H13IN2O. The molecule has 0 aromatic heterocycles. The molecule has 2 aromatic carbocycles. The molecule has 1 aliphatic rings. The summed E-state index contributed by atoms with van der Waals surface area (Å²) in [7, 11) is 0. The number of amides is 1. The summed E-state index contributed by atoms with van der Waals surface area (Å²) < 4.78 is 1.05. The van der Waals surface area contributed by atoms with E-state index in [4.69, 9.17) is 0 Å². The van der Waals surface area contributed by atoms with Gasteiger partial charge in [0.05, 0.1) is 11.6 Å². The average Bonchev–Trinajstić information content (AvgIpc) is 2.85. The fourth-order valence-corrected chi connectivity index (χ4v) is 2.82. The van der Waals surface area contributed by atoms with E-state index in [0.717, 1.165) is 20.5 Å². The summed E-state index contributed by atoms with van der Waals surface area (Å²) in [6.07, 6.45) is 0. The molecule has 4 heteroatoms. The summed E-state index contributed by atoms with van der Waals surface area (Å²) in [5.41, 5.74) is 3.01. The van der Waals surface area contributed by atoms with Crippen LogP contribution in [0.3, 0.4) is 0 Å². The summed E-state index contributed by atoms with van der Waals surface area (Å²) >= 11 is 2.23. The van der Waals surface area contributed by atoms with Crippen LogP contribution in [0.4, 0.5) is 11.4 Å². The van der Waals surface area contributed by atoms with Crippen LogP contribution in [0.15, 0.2) is 48.5 Å². The number of hydrogen-bond donors (Lipinski definition) is 2. The van der Waals surface area contributed by atoms with Gasteiger partial charge >= 0.3 is 0 Å². The van der Waals surface area contributed by atoms with E-state index in [2.05, 4.69) is 33.2 Å². The third-order valence-corrected chi connectivity index (χ3v) is 4.22. The molecule has 0 spiro atoms. The van der Waals surface area contributed by atoms with Crippen molar-refractivity contribution in [2.45, 2.75) is 5.92 Å². The Balaban J connectivity index is 1.81. The van der Waals surface area contributed by atoms with Crippen molar-refractivity contribution < 1.29 is 4.79 Å². The van der Waals surface area contributed by atoms with Crippen molar-refractivity contribution >= 4 is 39.9 Å². The highest BCUT2D eigenvalue weighted by molar-refractivity contribution is 14.1. The Morgan fingerprint density at radius 1 is 1.16 bits per heavy atom. The molecule has 1 aliphatic heterocycles. The number of fused-ring (bicyclic) bond motifs is 1. The molecule has 19 heavy (non-hydrogen) atoms. The lowest BCUT2D eigenvalue weighted by Gasteiger charge is -2.12. The highest BCUT2D eigenvalue weighted by Crippen LogP contribution is 2.32.